The number of aromatic nitrogens is 2. The number of halogens is 1. The van der Waals surface area contributed by atoms with Gasteiger partial charge in [0.2, 0.25) is 5.82 Å². The number of esters is 1. The summed E-state index contributed by atoms with van der Waals surface area (Å²) in [7, 11) is 1.12. The quantitative estimate of drug-likeness (QED) is 0.577. The van der Waals surface area contributed by atoms with Crippen LogP contribution in [-0.4, -0.2) is 28.5 Å². The fourth-order valence-corrected chi connectivity index (χ4v) is 1.09. The van der Waals surface area contributed by atoms with Crippen LogP contribution in [0.5, 0.6) is 0 Å². The largest absolute Gasteiger partial charge is 0.469 e. The molecule has 0 aliphatic heterocycles. The predicted molar refractivity (Wildman–Crippen MR) is 57.7 cm³/mol. The Morgan fingerprint density at radius 2 is 2.11 bits per heavy atom. The summed E-state index contributed by atoms with van der Waals surface area (Å²) >= 11 is 0. The number of rotatable bonds is 3. The van der Waals surface area contributed by atoms with E-state index in [-0.39, 0.29) is 5.57 Å². The fourth-order valence-electron chi connectivity index (χ4n) is 1.09. The molecule has 0 bridgehead atoms. The molecule has 0 spiro atoms. The number of nitrogens with zero attached hydrogens (tertiary/aromatic N) is 1. The second-order valence-corrected chi connectivity index (χ2v) is 3.27. The van der Waals surface area contributed by atoms with Crippen LogP contribution in [0.1, 0.15) is 11.2 Å². The maximum absolute atomic E-state index is 12.9. The van der Waals surface area contributed by atoms with Crippen molar-refractivity contribution in [1.82, 2.24) is 9.55 Å². The van der Waals surface area contributed by atoms with Gasteiger partial charge in [0.15, 0.2) is 0 Å². The highest BCUT2D eigenvalue weighted by molar-refractivity contribution is 5.98. The van der Waals surface area contributed by atoms with Crippen molar-refractivity contribution in [3.8, 4) is 0 Å². The van der Waals surface area contributed by atoms with E-state index in [1.165, 1.54) is 0 Å². The Bertz CT molecular complexity index is 628. The number of methoxy groups -OCH3 is 1. The molecule has 0 aliphatic rings. The molecule has 0 unspecified atom stereocenters. The molecule has 0 aliphatic carbocycles. The number of hydrogen-bond acceptors (Lipinski definition) is 5. The van der Waals surface area contributed by atoms with E-state index in [0.717, 1.165) is 7.11 Å². The molecule has 1 rings (SSSR count). The van der Waals surface area contributed by atoms with Crippen molar-refractivity contribution >= 4 is 11.9 Å². The van der Waals surface area contributed by atoms with Crippen LogP contribution in [0.25, 0.3) is 0 Å². The molecule has 0 saturated heterocycles. The molecular formula is C10H9FN2O5. The lowest BCUT2D eigenvalue weighted by Gasteiger charge is -2.05. The number of nitrogens with one attached hydrogen (secondary N) is 1. The zero-order chi connectivity index (χ0) is 13.9. The first-order chi connectivity index (χ1) is 8.36. The minimum absolute atomic E-state index is 0.268. The molecule has 0 fully saturated rings. The number of hydrogen-bond donors (Lipinski definition) is 1. The van der Waals surface area contributed by atoms with Crippen LogP contribution in [-0.2, 0) is 9.53 Å². The van der Waals surface area contributed by atoms with Gasteiger partial charge in [0.1, 0.15) is 0 Å². The molecule has 1 heterocycles. The summed E-state index contributed by atoms with van der Waals surface area (Å²) < 4.78 is 17.6. The zero-order valence-electron chi connectivity index (χ0n) is 9.36. The third kappa shape index (κ3) is 2.78. The van der Waals surface area contributed by atoms with Crippen molar-refractivity contribution in [2.24, 2.45) is 0 Å². The van der Waals surface area contributed by atoms with Crippen LogP contribution in [0.2, 0.25) is 0 Å². The average Bonchev–Trinajstić information content (AvgIpc) is 2.32. The maximum Gasteiger partial charge on any atom is 0.335 e. The van der Waals surface area contributed by atoms with Crippen molar-refractivity contribution in [1.29, 1.82) is 0 Å². The van der Waals surface area contributed by atoms with Gasteiger partial charge in [-0.2, -0.15) is 4.39 Å². The smallest absolute Gasteiger partial charge is 0.335 e. The van der Waals surface area contributed by atoms with Gasteiger partial charge in [0.25, 0.3) is 11.5 Å². The summed E-state index contributed by atoms with van der Waals surface area (Å²) in [6.45, 7) is 3.29. The van der Waals surface area contributed by atoms with Crippen LogP contribution in [0.4, 0.5) is 4.39 Å². The molecule has 7 nitrogen and oxygen atoms in total. The molecule has 0 amide bonds. The number of ether oxygens (including phenoxy) is 1. The molecule has 0 radical (unpaired) electrons. The predicted octanol–water partition coefficient (Wildman–Crippen LogP) is -0.565. The standard InChI is InChI=1S/C10H9FN2O5/c1-5(3-7(14)18-2)9(16)13-4-6(11)8(15)12-10(13)17/h4H,1,3H2,2H3,(H,12,15,17). The van der Waals surface area contributed by atoms with E-state index in [1.54, 1.807) is 4.98 Å². The van der Waals surface area contributed by atoms with Crippen LogP contribution < -0.4 is 11.2 Å². The van der Waals surface area contributed by atoms with Gasteiger partial charge in [0, 0.05) is 5.57 Å². The first kappa shape index (κ1) is 13.6. The zero-order valence-corrected chi connectivity index (χ0v) is 9.36. The Morgan fingerprint density at radius 3 is 2.67 bits per heavy atom. The highest BCUT2D eigenvalue weighted by atomic mass is 19.1. The van der Waals surface area contributed by atoms with Gasteiger partial charge in [0.05, 0.1) is 19.7 Å². The van der Waals surface area contributed by atoms with Crippen LogP contribution in [0, 0.1) is 5.82 Å². The summed E-state index contributed by atoms with van der Waals surface area (Å²) in [5.74, 6) is -3.03. The fraction of sp³-hybridized carbons (Fsp3) is 0.200. The summed E-state index contributed by atoms with van der Waals surface area (Å²) in [6, 6.07) is 0. The second kappa shape index (κ2) is 5.21. The van der Waals surface area contributed by atoms with Crippen molar-refractivity contribution in [2.75, 3.05) is 7.11 Å². The second-order valence-electron chi connectivity index (χ2n) is 3.27. The topological polar surface area (TPSA) is 98.2 Å². The minimum atomic E-state index is -1.30. The van der Waals surface area contributed by atoms with E-state index in [2.05, 4.69) is 11.3 Å². The minimum Gasteiger partial charge on any atom is -0.469 e. The van der Waals surface area contributed by atoms with Gasteiger partial charge in [-0.05, 0) is 0 Å². The first-order valence-corrected chi connectivity index (χ1v) is 4.67. The molecular weight excluding hydrogens is 247 g/mol. The van der Waals surface area contributed by atoms with E-state index in [4.69, 9.17) is 0 Å². The lowest BCUT2D eigenvalue weighted by Crippen LogP contribution is -2.35. The van der Waals surface area contributed by atoms with Gasteiger partial charge in [-0.3, -0.25) is 19.4 Å². The number of carbonyl (C=O) groups excluding carboxylic acids is 2. The Labute approximate surface area is 99.5 Å². The third-order valence-electron chi connectivity index (χ3n) is 2.01. The number of carbonyl (C=O) groups is 2. The van der Waals surface area contributed by atoms with Crippen LogP contribution in [0.15, 0.2) is 27.9 Å². The van der Waals surface area contributed by atoms with Crippen molar-refractivity contribution in [3.05, 3.63) is 45.0 Å². The van der Waals surface area contributed by atoms with Crippen LogP contribution >= 0.6 is 0 Å². The Balaban J connectivity index is 3.09. The lowest BCUT2D eigenvalue weighted by atomic mass is 10.2. The molecule has 1 N–H and O–H groups in total. The van der Waals surface area contributed by atoms with Gasteiger partial charge in [-0.25, -0.2) is 9.36 Å². The summed E-state index contributed by atoms with van der Waals surface area (Å²) in [5, 5.41) is 0. The molecule has 1 aromatic heterocycles. The van der Waals surface area contributed by atoms with E-state index in [1.807, 2.05) is 0 Å². The highest BCUT2D eigenvalue weighted by Crippen LogP contribution is 2.02. The van der Waals surface area contributed by atoms with Gasteiger partial charge >= 0.3 is 11.7 Å². The van der Waals surface area contributed by atoms with E-state index in [9.17, 15) is 23.6 Å². The lowest BCUT2D eigenvalue weighted by molar-refractivity contribution is -0.139. The Morgan fingerprint density at radius 1 is 1.50 bits per heavy atom. The maximum atomic E-state index is 12.9. The molecule has 1 aromatic rings. The molecule has 96 valence electrons. The van der Waals surface area contributed by atoms with E-state index < -0.39 is 35.4 Å². The van der Waals surface area contributed by atoms with Crippen molar-refractivity contribution in [3.63, 3.8) is 0 Å². The normalized spacial score (nSPS) is 9.89. The highest BCUT2D eigenvalue weighted by Gasteiger charge is 2.16. The Hall–Kier alpha value is -2.51. The summed E-state index contributed by atoms with van der Waals surface area (Å²) in [5.41, 5.74) is -2.62. The summed E-state index contributed by atoms with van der Waals surface area (Å²) in [6.07, 6.45) is -0.00548. The van der Waals surface area contributed by atoms with Gasteiger partial charge < -0.3 is 4.74 Å². The molecule has 0 saturated carbocycles. The summed E-state index contributed by atoms with van der Waals surface area (Å²) in [4.78, 5) is 46.2. The molecule has 0 atom stereocenters. The van der Waals surface area contributed by atoms with Crippen LogP contribution in [0.3, 0.4) is 0 Å². The number of aromatic amines is 1. The first-order valence-electron chi connectivity index (χ1n) is 4.67. The number of H-pyrrole nitrogens is 1. The molecule has 18 heavy (non-hydrogen) atoms. The molecule has 0 aromatic carbocycles. The van der Waals surface area contributed by atoms with E-state index in [0.29, 0.717) is 10.8 Å². The van der Waals surface area contributed by atoms with Gasteiger partial charge in [-0.15, -0.1) is 0 Å². The monoisotopic (exact) mass is 256 g/mol. The van der Waals surface area contributed by atoms with E-state index >= 15 is 0 Å². The average molecular weight is 256 g/mol. The van der Waals surface area contributed by atoms with Crippen molar-refractivity contribution < 1.29 is 18.7 Å². The van der Waals surface area contributed by atoms with Gasteiger partial charge in [-0.1, -0.05) is 6.58 Å². The Kier molecular flexibility index (Phi) is 3.93. The molecule has 8 heteroatoms. The third-order valence-corrected chi connectivity index (χ3v) is 2.01. The van der Waals surface area contributed by atoms with Crippen molar-refractivity contribution in [2.45, 2.75) is 6.42 Å². The SMILES string of the molecule is C=C(CC(=O)OC)C(=O)n1cc(F)c(=O)[nH]c1=O.